The minimum absolute atomic E-state index is 0.0669. The highest BCUT2D eigenvalue weighted by Crippen LogP contribution is 2.16. The number of allylic oxidation sites excluding steroid dienone is 1. The van der Waals surface area contributed by atoms with Crippen LogP contribution >= 0.6 is 0 Å². The molecule has 1 amide bonds. The van der Waals surface area contributed by atoms with Crippen LogP contribution in [0, 0.1) is 0 Å². The minimum Gasteiger partial charge on any atom is -0.383 e. The van der Waals surface area contributed by atoms with Crippen LogP contribution in [0.4, 0.5) is 0 Å². The second-order valence-electron chi connectivity index (χ2n) is 3.67. The third-order valence-corrected chi connectivity index (χ3v) is 2.44. The number of methoxy groups -OCH3 is 1. The Morgan fingerprint density at radius 1 is 1.35 bits per heavy atom. The van der Waals surface area contributed by atoms with Crippen LogP contribution in [0.15, 0.2) is 36.4 Å². The number of amides is 1. The van der Waals surface area contributed by atoms with E-state index in [-0.39, 0.29) is 5.91 Å². The van der Waals surface area contributed by atoms with Gasteiger partial charge in [0, 0.05) is 19.7 Å². The fraction of sp³-hybridized carbons (Fsp3) is 0.357. The zero-order valence-corrected chi connectivity index (χ0v) is 10.4. The van der Waals surface area contributed by atoms with Crippen molar-refractivity contribution in [3.8, 4) is 0 Å². The van der Waals surface area contributed by atoms with Gasteiger partial charge in [-0.1, -0.05) is 37.3 Å². The summed E-state index contributed by atoms with van der Waals surface area (Å²) in [4.78, 5) is 11.6. The molecule has 1 rings (SSSR count). The molecule has 1 aromatic rings. The first-order valence-electron chi connectivity index (χ1n) is 5.80. The Hall–Kier alpha value is -1.61. The zero-order valence-electron chi connectivity index (χ0n) is 10.4. The van der Waals surface area contributed by atoms with E-state index in [4.69, 9.17) is 4.74 Å². The maximum Gasteiger partial charge on any atom is 0.244 e. The zero-order chi connectivity index (χ0) is 12.5. The van der Waals surface area contributed by atoms with Gasteiger partial charge in [-0.2, -0.15) is 0 Å². The maximum atomic E-state index is 11.6. The fourth-order valence-electron chi connectivity index (χ4n) is 1.53. The van der Waals surface area contributed by atoms with E-state index in [1.54, 1.807) is 13.2 Å². The van der Waals surface area contributed by atoms with Crippen molar-refractivity contribution < 1.29 is 9.53 Å². The normalized spacial score (nSPS) is 11.3. The van der Waals surface area contributed by atoms with E-state index >= 15 is 0 Å². The van der Waals surface area contributed by atoms with Gasteiger partial charge in [-0.25, -0.2) is 0 Å². The van der Waals surface area contributed by atoms with E-state index < -0.39 is 0 Å². The SMILES string of the molecule is CC/C(=C\C(=O)NCCOC)c1ccccc1. The molecule has 0 radical (unpaired) electrons. The molecule has 0 aliphatic carbocycles. The lowest BCUT2D eigenvalue weighted by Gasteiger charge is -2.05. The highest BCUT2D eigenvalue weighted by Gasteiger charge is 2.02. The smallest absolute Gasteiger partial charge is 0.244 e. The van der Waals surface area contributed by atoms with Crippen LogP contribution in [0.25, 0.3) is 5.57 Å². The van der Waals surface area contributed by atoms with Gasteiger partial charge >= 0.3 is 0 Å². The van der Waals surface area contributed by atoms with Crippen molar-refractivity contribution in [2.75, 3.05) is 20.3 Å². The predicted molar refractivity (Wildman–Crippen MR) is 69.6 cm³/mol. The van der Waals surface area contributed by atoms with Gasteiger partial charge in [-0.15, -0.1) is 0 Å². The van der Waals surface area contributed by atoms with E-state index in [0.717, 1.165) is 17.6 Å². The molecule has 0 fully saturated rings. The van der Waals surface area contributed by atoms with Crippen molar-refractivity contribution in [3.05, 3.63) is 42.0 Å². The van der Waals surface area contributed by atoms with Crippen LogP contribution in [-0.2, 0) is 9.53 Å². The Kier molecular flexibility index (Phi) is 6.04. The van der Waals surface area contributed by atoms with Gasteiger partial charge in [0.25, 0.3) is 0 Å². The molecule has 0 saturated carbocycles. The van der Waals surface area contributed by atoms with Gasteiger partial charge in [0.1, 0.15) is 0 Å². The summed E-state index contributed by atoms with van der Waals surface area (Å²) in [6.07, 6.45) is 2.49. The van der Waals surface area contributed by atoms with E-state index in [1.807, 2.05) is 37.3 Å². The second-order valence-corrected chi connectivity index (χ2v) is 3.67. The molecule has 0 aliphatic rings. The van der Waals surface area contributed by atoms with Crippen LogP contribution in [0.5, 0.6) is 0 Å². The molecule has 0 heterocycles. The molecule has 0 bridgehead atoms. The molecule has 0 atom stereocenters. The summed E-state index contributed by atoms with van der Waals surface area (Å²) < 4.78 is 4.87. The Labute approximate surface area is 102 Å². The number of benzene rings is 1. The maximum absolute atomic E-state index is 11.6. The van der Waals surface area contributed by atoms with Gasteiger partial charge in [-0.05, 0) is 17.6 Å². The molecule has 0 saturated heterocycles. The van der Waals surface area contributed by atoms with Crippen LogP contribution in [0.2, 0.25) is 0 Å². The summed E-state index contributed by atoms with van der Waals surface area (Å²) >= 11 is 0. The topological polar surface area (TPSA) is 38.3 Å². The van der Waals surface area contributed by atoms with Crippen LogP contribution in [0.1, 0.15) is 18.9 Å². The standard InChI is InChI=1S/C14H19NO2/c1-3-12(13-7-5-4-6-8-13)11-14(16)15-9-10-17-2/h4-8,11H,3,9-10H2,1-2H3,(H,15,16)/b12-11+. The van der Waals surface area contributed by atoms with Gasteiger partial charge in [0.05, 0.1) is 6.61 Å². The van der Waals surface area contributed by atoms with Crippen LogP contribution < -0.4 is 5.32 Å². The first-order valence-corrected chi connectivity index (χ1v) is 5.80. The Morgan fingerprint density at radius 3 is 2.65 bits per heavy atom. The third-order valence-electron chi connectivity index (χ3n) is 2.44. The van der Waals surface area contributed by atoms with Gasteiger partial charge in [0.2, 0.25) is 5.91 Å². The van der Waals surface area contributed by atoms with E-state index in [0.29, 0.717) is 13.2 Å². The van der Waals surface area contributed by atoms with Gasteiger partial charge < -0.3 is 10.1 Å². The molecular weight excluding hydrogens is 214 g/mol. The van der Waals surface area contributed by atoms with E-state index in [2.05, 4.69) is 5.32 Å². The molecule has 1 aromatic carbocycles. The largest absolute Gasteiger partial charge is 0.383 e. The second kappa shape index (κ2) is 7.63. The number of hydrogen-bond acceptors (Lipinski definition) is 2. The molecule has 0 unspecified atom stereocenters. The lowest BCUT2D eigenvalue weighted by Crippen LogP contribution is -2.25. The third kappa shape index (κ3) is 4.83. The summed E-state index contributed by atoms with van der Waals surface area (Å²) in [6, 6.07) is 9.94. The lowest BCUT2D eigenvalue weighted by molar-refractivity contribution is -0.116. The fourth-order valence-corrected chi connectivity index (χ4v) is 1.53. The van der Waals surface area contributed by atoms with Crippen LogP contribution in [-0.4, -0.2) is 26.2 Å². The average molecular weight is 233 g/mol. The number of ether oxygens (including phenoxy) is 1. The summed E-state index contributed by atoms with van der Waals surface area (Å²) in [7, 11) is 1.61. The molecule has 3 nitrogen and oxygen atoms in total. The molecule has 3 heteroatoms. The van der Waals surface area contributed by atoms with E-state index in [9.17, 15) is 4.79 Å². The number of rotatable bonds is 6. The summed E-state index contributed by atoms with van der Waals surface area (Å²) in [6.45, 7) is 3.12. The molecule has 0 spiro atoms. The van der Waals surface area contributed by atoms with Crippen molar-refractivity contribution in [3.63, 3.8) is 0 Å². The lowest BCUT2D eigenvalue weighted by atomic mass is 10.0. The van der Waals surface area contributed by atoms with Crippen molar-refractivity contribution in [2.24, 2.45) is 0 Å². The summed E-state index contributed by atoms with van der Waals surface area (Å²) in [5.41, 5.74) is 2.14. The number of hydrogen-bond donors (Lipinski definition) is 1. The van der Waals surface area contributed by atoms with Crippen molar-refractivity contribution in [1.82, 2.24) is 5.32 Å². The monoisotopic (exact) mass is 233 g/mol. The predicted octanol–water partition coefficient (Wildman–Crippen LogP) is 2.24. The first kappa shape index (κ1) is 13.5. The van der Waals surface area contributed by atoms with Gasteiger partial charge in [0.15, 0.2) is 0 Å². The van der Waals surface area contributed by atoms with Crippen molar-refractivity contribution in [1.29, 1.82) is 0 Å². The van der Waals surface area contributed by atoms with Gasteiger partial charge in [-0.3, -0.25) is 4.79 Å². The Bertz CT molecular complexity index is 371. The highest BCUT2D eigenvalue weighted by atomic mass is 16.5. The van der Waals surface area contributed by atoms with Crippen molar-refractivity contribution >= 4 is 11.5 Å². The molecule has 1 N–H and O–H groups in total. The highest BCUT2D eigenvalue weighted by molar-refractivity contribution is 5.95. The Balaban J connectivity index is 2.64. The molecular formula is C14H19NO2. The quantitative estimate of drug-likeness (QED) is 0.604. The number of carbonyl (C=O) groups is 1. The van der Waals surface area contributed by atoms with Crippen molar-refractivity contribution in [2.45, 2.75) is 13.3 Å². The summed E-state index contributed by atoms with van der Waals surface area (Å²) in [5, 5.41) is 2.78. The Morgan fingerprint density at radius 2 is 2.06 bits per heavy atom. The molecule has 92 valence electrons. The molecule has 0 aliphatic heterocycles. The number of carbonyl (C=O) groups excluding carboxylic acids is 1. The van der Waals surface area contributed by atoms with E-state index in [1.165, 1.54) is 0 Å². The van der Waals surface area contributed by atoms with Crippen LogP contribution in [0.3, 0.4) is 0 Å². The minimum atomic E-state index is -0.0669. The number of nitrogens with one attached hydrogen (secondary N) is 1. The molecule has 17 heavy (non-hydrogen) atoms. The first-order chi connectivity index (χ1) is 8.27. The summed E-state index contributed by atoms with van der Waals surface area (Å²) in [5.74, 6) is -0.0669. The average Bonchev–Trinajstić information content (AvgIpc) is 2.37. The molecule has 0 aromatic heterocycles.